The maximum atomic E-state index is 11.6. The van der Waals surface area contributed by atoms with Gasteiger partial charge in [0.25, 0.3) is 5.56 Å². The number of nitriles is 1. The van der Waals surface area contributed by atoms with Crippen LogP contribution in [0.3, 0.4) is 0 Å². The lowest BCUT2D eigenvalue weighted by Crippen LogP contribution is -2.12. The summed E-state index contributed by atoms with van der Waals surface area (Å²) >= 11 is 0. The van der Waals surface area contributed by atoms with Crippen LogP contribution >= 0.6 is 0 Å². The van der Waals surface area contributed by atoms with Gasteiger partial charge in [-0.1, -0.05) is 44.2 Å². The van der Waals surface area contributed by atoms with Gasteiger partial charge in [-0.15, -0.1) is 0 Å². The molecule has 0 aliphatic rings. The minimum Gasteiger partial charge on any atom is -0.321 e. The summed E-state index contributed by atoms with van der Waals surface area (Å²) in [5, 5.41) is 15.3. The molecule has 0 saturated carbocycles. The molecule has 0 aliphatic heterocycles. The van der Waals surface area contributed by atoms with Crippen LogP contribution in [0.1, 0.15) is 25.0 Å². The Balaban J connectivity index is 0.000000383. The average molecular weight is 281 g/mol. The molecular weight excluding hydrogens is 262 g/mol. The zero-order chi connectivity index (χ0) is 15.8. The first-order valence-corrected chi connectivity index (χ1v) is 6.69. The molecule has 0 atom stereocenters. The molecule has 4 heteroatoms. The average Bonchev–Trinajstić information content (AvgIpc) is 2.48. The van der Waals surface area contributed by atoms with Gasteiger partial charge >= 0.3 is 0 Å². The second-order valence-corrected chi connectivity index (χ2v) is 4.96. The van der Waals surface area contributed by atoms with Crippen molar-refractivity contribution in [3.8, 4) is 17.3 Å². The van der Waals surface area contributed by atoms with E-state index in [4.69, 9.17) is 10.7 Å². The van der Waals surface area contributed by atoms with Crippen LogP contribution in [0.15, 0.2) is 41.2 Å². The zero-order valence-electron chi connectivity index (χ0n) is 12.5. The molecule has 0 saturated heterocycles. The van der Waals surface area contributed by atoms with E-state index in [0.29, 0.717) is 11.5 Å². The highest BCUT2D eigenvalue weighted by atomic mass is 16.1. The van der Waals surface area contributed by atoms with Crippen LogP contribution in [0.25, 0.3) is 11.3 Å². The van der Waals surface area contributed by atoms with E-state index in [2.05, 4.69) is 4.98 Å². The van der Waals surface area contributed by atoms with Gasteiger partial charge in [-0.05, 0) is 36.2 Å². The van der Waals surface area contributed by atoms with Crippen LogP contribution in [0, 0.1) is 29.6 Å². The van der Waals surface area contributed by atoms with Crippen molar-refractivity contribution in [3.05, 3.63) is 57.9 Å². The molecule has 0 unspecified atom stereocenters. The molecule has 0 aliphatic carbocycles. The van der Waals surface area contributed by atoms with E-state index >= 15 is 0 Å². The molecule has 0 fully saturated rings. The third kappa shape index (κ3) is 4.73. The number of aromatic amines is 1. The summed E-state index contributed by atoms with van der Waals surface area (Å²) in [6.07, 6.45) is 1.42. The summed E-state index contributed by atoms with van der Waals surface area (Å²) in [5.74, 6) is 0.426. The molecule has 2 N–H and O–H groups in total. The lowest BCUT2D eigenvalue weighted by molar-refractivity contribution is 0.902. The molecule has 1 aromatic carbocycles. The molecule has 4 nitrogen and oxygen atoms in total. The number of hydrogen-bond acceptors (Lipinski definition) is 3. The van der Waals surface area contributed by atoms with Crippen molar-refractivity contribution >= 4 is 6.21 Å². The number of benzene rings is 1. The first-order chi connectivity index (χ1) is 9.99. The number of nitrogens with one attached hydrogen (secondary N) is 2. The Hall–Kier alpha value is -2.67. The van der Waals surface area contributed by atoms with Gasteiger partial charge in [0.2, 0.25) is 0 Å². The standard InChI is InChI=1S/C13H10N2O.C4H9N/c1-9-7-12(10-5-3-2-4-6-10)15-13(16)11(9)8-14;1-4(2)3-5/h2-7H,1H3,(H,15,16);3-5H,1-2H3. The summed E-state index contributed by atoms with van der Waals surface area (Å²) in [7, 11) is 0. The van der Waals surface area contributed by atoms with Crippen molar-refractivity contribution in [2.45, 2.75) is 20.8 Å². The molecule has 2 rings (SSSR count). The SMILES string of the molecule is CC(C)C=N.Cc1cc(-c2ccccc2)[nH]c(=O)c1C#N. The van der Waals surface area contributed by atoms with Crippen molar-refractivity contribution in [1.29, 1.82) is 10.7 Å². The van der Waals surface area contributed by atoms with Crippen molar-refractivity contribution < 1.29 is 0 Å². The van der Waals surface area contributed by atoms with Crippen LogP contribution in [-0.2, 0) is 0 Å². The van der Waals surface area contributed by atoms with Crippen LogP contribution < -0.4 is 5.56 Å². The molecule has 0 bridgehead atoms. The predicted molar refractivity (Wildman–Crippen MR) is 85.6 cm³/mol. The van der Waals surface area contributed by atoms with E-state index in [1.54, 1.807) is 6.92 Å². The summed E-state index contributed by atoms with van der Waals surface area (Å²) in [6.45, 7) is 5.72. The Bertz CT molecular complexity index is 694. The molecule has 0 amide bonds. The number of aromatic nitrogens is 1. The smallest absolute Gasteiger partial charge is 0.266 e. The fourth-order valence-electron chi connectivity index (χ4n) is 1.60. The lowest BCUT2D eigenvalue weighted by atomic mass is 10.1. The van der Waals surface area contributed by atoms with Gasteiger partial charge in [0.15, 0.2) is 0 Å². The molecule has 2 aromatic rings. The Labute approximate surface area is 124 Å². The van der Waals surface area contributed by atoms with E-state index in [1.165, 1.54) is 6.21 Å². The molecule has 108 valence electrons. The highest BCUT2D eigenvalue weighted by Crippen LogP contribution is 2.16. The Morgan fingerprint density at radius 3 is 2.29 bits per heavy atom. The minimum atomic E-state index is -0.332. The van der Waals surface area contributed by atoms with Gasteiger partial charge < -0.3 is 10.4 Å². The number of rotatable bonds is 2. The quantitative estimate of drug-likeness (QED) is 0.826. The summed E-state index contributed by atoms with van der Waals surface area (Å²) in [6, 6.07) is 13.3. The monoisotopic (exact) mass is 281 g/mol. The molecule has 21 heavy (non-hydrogen) atoms. The van der Waals surface area contributed by atoms with Crippen LogP contribution in [0.5, 0.6) is 0 Å². The van der Waals surface area contributed by atoms with Crippen molar-refractivity contribution in [1.82, 2.24) is 4.98 Å². The topological polar surface area (TPSA) is 80.5 Å². The zero-order valence-corrected chi connectivity index (χ0v) is 12.5. The van der Waals surface area contributed by atoms with Crippen LogP contribution in [0.4, 0.5) is 0 Å². The normalized spacial score (nSPS) is 9.48. The maximum absolute atomic E-state index is 11.6. The lowest BCUT2D eigenvalue weighted by Gasteiger charge is -2.03. The van der Waals surface area contributed by atoms with Crippen LogP contribution in [-0.4, -0.2) is 11.2 Å². The van der Waals surface area contributed by atoms with E-state index in [9.17, 15) is 4.79 Å². The van der Waals surface area contributed by atoms with Gasteiger partial charge in [0, 0.05) is 5.69 Å². The molecule has 1 heterocycles. The molecule has 0 radical (unpaired) electrons. The van der Waals surface area contributed by atoms with Gasteiger partial charge in [0.05, 0.1) is 0 Å². The van der Waals surface area contributed by atoms with Gasteiger partial charge in [-0.3, -0.25) is 4.79 Å². The van der Waals surface area contributed by atoms with E-state index < -0.39 is 0 Å². The van der Waals surface area contributed by atoms with Crippen molar-refractivity contribution in [3.63, 3.8) is 0 Å². The fraction of sp³-hybridized carbons (Fsp3) is 0.235. The number of aryl methyl sites for hydroxylation is 1. The number of pyridine rings is 1. The predicted octanol–water partition coefficient (Wildman–Crippen LogP) is 3.51. The Morgan fingerprint density at radius 1 is 1.29 bits per heavy atom. The highest BCUT2D eigenvalue weighted by Gasteiger charge is 2.06. The van der Waals surface area contributed by atoms with E-state index in [1.807, 2.05) is 56.3 Å². The first-order valence-electron chi connectivity index (χ1n) is 6.69. The van der Waals surface area contributed by atoms with Gasteiger partial charge in [-0.25, -0.2) is 0 Å². The number of hydrogen-bond donors (Lipinski definition) is 2. The summed E-state index contributed by atoms with van der Waals surface area (Å²) in [4.78, 5) is 14.3. The second kappa shape index (κ2) is 7.81. The molecule has 1 aromatic heterocycles. The number of nitrogens with zero attached hydrogens (tertiary/aromatic N) is 1. The Morgan fingerprint density at radius 2 is 1.86 bits per heavy atom. The van der Waals surface area contributed by atoms with Crippen LogP contribution in [0.2, 0.25) is 0 Å². The van der Waals surface area contributed by atoms with Crippen molar-refractivity contribution in [2.24, 2.45) is 5.92 Å². The molecule has 0 spiro atoms. The van der Waals surface area contributed by atoms with Gasteiger partial charge in [0.1, 0.15) is 11.6 Å². The third-order valence-electron chi connectivity index (χ3n) is 2.76. The fourth-order valence-corrected chi connectivity index (χ4v) is 1.60. The minimum absolute atomic E-state index is 0.180. The van der Waals surface area contributed by atoms with Crippen molar-refractivity contribution in [2.75, 3.05) is 0 Å². The first kappa shape index (κ1) is 16.4. The summed E-state index contributed by atoms with van der Waals surface area (Å²) < 4.78 is 0. The number of H-pyrrole nitrogens is 1. The second-order valence-electron chi connectivity index (χ2n) is 4.96. The van der Waals surface area contributed by atoms with E-state index in [0.717, 1.165) is 11.3 Å². The Kier molecular flexibility index (Phi) is 6.09. The third-order valence-corrected chi connectivity index (χ3v) is 2.76. The van der Waals surface area contributed by atoms with Gasteiger partial charge in [-0.2, -0.15) is 5.26 Å². The summed E-state index contributed by atoms with van der Waals surface area (Å²) in [5.41, 5.74) is 2.22. The largest absolute Gasteiger partial charge is 0.321 e. The highest BCUT2D eigenvalue weighted by molar-refractivity contribution is 5.60. The molecular formula is C17H19N3O. The maximum Gasteiger partial charge on any atom is 0.266 e. The van der Waals surface area contributed by atoms with E-state index in [-0.39, 0.29) is 11.1 Å².